The lowest BCUT2D eigenvalue weighted by Gasteiger charge is -2.12. The van der Waals surface area contributed by atoms with Crippen molar-refractivity contribution in [3.8, 4) is 39.7 Å². The average molecular weight is 566 g/mol. The first-order valence-electron chi connectivity index (χ1n) is 14.9. The summed E-state index contributed by atoms with van der Waals surface area (Å²) in [6, 6.07) is 42.6. The lowest BCUT2D eigenvalue weighted by Crippen LogP contribution is -1.97. The number of aromatic nitrogens is 3. The second-order valence-electron chi connectivity index (χ2n) is 11.5. The topological polar surface area (TPSA) is 39.9 Å². The van der Waals surface area contributed by atoms with Gasteiger partial charge in [0, 0.05) is 40.2 Å². The van der Waals surface area contributed by atoms with Crippen LogP contribution in [0.1, 0.15) is 16.7 Å². The van der Waals surface area contributed by atoms with Crippen LogP contribution < -0.4 is 4.74 Å². The number of hydrogen-bond acceptors (Lipinski definition) is 3. The summed E-state index contributed by atoms with van der Waals surface area (Å²) in [6.07, 6.45) is 4.69. The number of rotatable bonds is 4. The molecule has 208 valence electrons. The van der Waals surface area contributed by atoms with Crippen molar-refractivity contribution in [3.05, 3.63) is 150 Å². The van der Waals surface area contributed by atoms with E-state index in [4.69, 9.17) is 14.7 Å². The molecule has 0 fully saturated rings. The van der Waals surface area contributed by atoms with Crippen molar-refractivity contribution in [2.24, 2.45) is 0 Å². The molecular weight excluding hydrogens is 538 g/mol. The minimum absolute atomic E-state index is 0.775. The fraction of sp³-hybridized carbons (Fsp3) is 0.0500. The Bertz CT molecular complexity index is 2400. The molecule has 8 aromatic rings. The zero-order valence-electron chi connectivity index (χ0n) is 24.2. The summed E-state index contributed by atoms with van der Waals surface area (Å²) < 4.78 is 8.88. The molecule has 0 bridgehead atoms. The molecule has 0 saturated carbocycles. The molecule has 0 spiro atoms. The molecule has 0 saturated heterocycles. The molecule has 44 heavy (non-hydrogen) atoms. The van der Waals surface area contributed by atoms with Gasteiger partial charge in [0.15, 0.2) is 0 Å². The second kappa shape index (κ2) is 9.65. The Morgan fingerprint density at radius 1 is 0.636 bits per heavy atom. The monoisotopic (exact) mass is 565 g/mol. The first-order valence-corrected chi connectivity index (χ1v) is 14.9. The smallest absolute Gasteiger partial charge is 0.137 e. The van der Waals surface area contributed by atoms with Crippen LogP contribution in [-0.4, -0.2) is 14.5 Å². The summed E-state index contributed by atoms with van der Waals surface area (Å²) in [5.41, 5.74) is 10.7. The summed E-state index contributed by atoms with van der Waals surface area (Å²) >= 11 is 0. The maximum atomic E-state index is 6.62. The summed E-state index contributed by atoms with van der Waals surface area (Å²) in [5.74, 6) is 2.44. The first kappa shape index (κ1) is 24.8. The van der Waals surface area contributed by atoms with E-state index in [0.29, 0.717) is 0 Å². The Morgan fingerprint density at radius 2 is 1.52 bits per heavy atom. The molecule has 0 N–H and O–H groups in total. The fourth-order valence-corrected chi connectivity index (χ4v) is 6.94. The number of pyridine rings is 2. The van der Waals surface area contributed by atoms with Crippen LogP contribution in [0.5, 0.6) is 11.5 Å². The van der Waals surface area contributed by atoms with Crippen molar-refractivity contribution in [3.63, 3.8) is 0 Å². The molecule has 0 atom stereocenters. The van der Waals surface area contributed by atoms with Crippen molar-refractivity contribution >= 4 is 32.6 Å². The lowest BCUT2D eigenvalue weighted by atomic mass is 9.99. The van der Waals surface area contributed by atoms with Gasteiger partial charge in [-0.15, -0.1) is 0 Å². The highest BCUT2D eigenvalue weighted by Gasteiger charge is 2.25. The SMILES string of the molecule is Cc1cc(Oc2ccc3c4c5c(ccc4n(-c4ccccn4)c3c2)Cc2ccccc2-5)cc(-c2nccc3ccccc23)c1. The normalized spacial score (nSPS) is 12.1. The zero-order chi connectivity index (χ0) is 29.2. The molecule has 9 rings (SSSR count). The van der Waals surface area contributed by atoms with E-state index < -0.39 is 0 Å². The number of benzene rings is 5. The van der Waals surface area contributed by atoms with Crippen LogP contribution in [0.15, 0.2) is 134 Å². The molecule has 0 aliphatic heterocycles. The number of aryl methyl sites for hydroxylation is 1. The van der Waals surface area contributed by atoms with Crippen LogP contribution in [0.4, 0.5) is 0 Å². The maximum Gasteiger partial charge on any atom is 0.137 e. The van der Waals surface area contributed by atoms with E-state index in [2.05, 4.69) is 121 Å². The number of fused-ring (bicyclic) bond motifs is 8. The van der Waals surface area contributed by atoms with Gasteiger partial charge in [-0.25, -0.2) is 4.98 Å². The third kappa shape index (κ3) is 3.85. The molecule has 4 heteroatoms. The molecule has 4 nitrogen and oxygen atoms in total. The van der Waals surface area contributed by atoms with Crippen molar-refractivity contribution in [2.45, 2.75) is 13.3 Å². The van der Waals surface area contributed by atoms with Gasteiger partial charge in [-0.2, -0.15) is 0 Å². The molecular formula is C40H27N3O. The predicted octanol–water partition coefficient (Wildman–Crippen LogP) is 10.1. The summed E-state index contributed by atoms with van der Waals surface area (Å²) in [6.45, 7) is 2.10. The van der Waals surface area contributed by atoms with E-state index in [9.17, 15) is 0 Å². The zero-order valence-corrected chi connectivity index (χ0v) is 24.2. The van der Waals surface area contributed by atoms with E-state index in [1.165, 1.54) is 38.4 Å². The maximum absolute atomic E-state index is 6.62. The lowest BCUT2D eigenvalue weighted by molar-refractivity contribution is 0.483. The van der Waals surface area contributed by atoms with Gasteiger partial charge >= 0.3 is 0 Å². The van der Waals surface area contributed by atoms with Crippen molar-refractivity contribution in [2.75, 3.05) is 0 Å². The third-order valence-electron chi connectivity index (χ3n) is 8.77. The summed E-state index contributed by atoms with van der Waals surface area (Å²) in [4.78, 5) is 9.53. The Morgan fingerprint density at radius 3 is 2.45 bits per heavy atom. The predicted molar refractivity (Wildman–Crippen MR) is 179 cm³/mol. The van der Waals surface area contributed by atoms with Crippen LogP contribution in [0.25, 0.3) is 60.8 Å². The Balaban J connectivity index is 1.22. The largest absolute Gasteiger partial charge is 0.457 e. The van der Waals surface area contributed by atoms with Crippen LogP contribution >= 0.6 is 0 Å². The van der Waals surface area contributed by atoms with Gasteiger partial charge in [-0.3, -0.25) is 9.55 Å². The van der Waals surface area contributed by atoms with Gasteiger partial charge < -0.3 is 4.74 Å². The van der Waals surface area contributed by atoms with E-state index in [0.717, 1.165) is 57.0 Å². The van der Waals surface area contributed by atoms with Gasteiger partial charge in [0.05, 0.1) is 16.7 Å². The Kier molecular flexibility index (Phi) is 5.44. The molecule has 3 heterocycles. The Labute approximate surface area is 254 Å². The van der Waals surface area contributed by atoms with E-state index in [-0.39, 0.29) is 0 Å². The number of ether oxygens (including phenoxy) is 1. The molecule has 5 aromatic carbocycles. The van der Waals surface area contributed by atoms with Crippen molar-refractivity contribution < 1.29 is 4.74 Å². The third-order valence-corrected chi connectivity index (χ3v) is 8.77. The molecule has 0 amide bonds. The standard InChI is InChI=1S/C40H27N3O/c1-25-20-29(40-33-11-5-2-8-26(33)17-19-42-40)23-31(21-25)44-30-14-15-34-36(24-30)43(37-12-6-7-18-41-37)35-16-13-28-22-27-9-3-4-10-32(27)38(28)39(34)35/h2-21,23-24H,22H2,1H3. The molecule has 0 radical (unpaired) electrons. The highest BCUT2D eigenvalue weighted by molar-refractivity contribution is 6.17. The van der Waals surface area contributed by atoms with Crippen molar-refractivity contribution in [1.82, 2.24) is 14.5 Å². The van der Waals surface area contributed by atoms with Crippen LogP contribution in [0.2, 0.25) is 0 Å². The highest BCUT2D eigenvalue weighted by atomic mass is 16.5. The van der Waals surface area contributed by atoms with Gasteiger partial charge in [0.1, 0.15) is 17.3 Å². The van der Waals surface area contributed by atoms with Crippen LogP contribution in [-0.2, 0) is 6.42 Å². The van der Waals surface area contributed by atoms with Gasteiger partial charge in [0.25, 0.3) is 0 Å². The molecule has 1 aliphatic rings. The molecule has 0 unspecified atom stereocenters. The summed E-state index contributed by atoms with van der Waals surface area (Å²) in [7, 11) is 0. The van der Waals surface area contributed by atoms with Crippen LogP contribution in [0.3, 0.4) is 0 Å². The van der Waals surface area contributed by atoms with Crippen LogP contribution in [0, 0.1) is 6.92 Å². The van der Waals surface area contributed by atoms with E-state index in [1.54, 1.807) is 0 Å². The minimum Gasteiger partial charge on any atom is -0.457 e. The summed E-state index contributed by atoms with van der Waals surface area (Å²) in [5, 5.41) is 4.75. The van der Waals surface area contributed by atoms with Gasteiger partial charge in [0.2, 0.25) is 0 Å². The Hall–Kier alpha value is -5.74. The second-order valence-corrected chi connectivity index (χ2v) is 11.5. The van der Waals surface area contributed by atoms with E-state index in [1.807, 2.05) is 24.5 Å². The van der Waals surface area contributed by atoms with E-state index >= 15 is 0 Å². The number of nitrogens with zero attached hydrogens (tertiary/aromatic N) is 3. The first-order chi connectivity index (χ1) is 21.7. The number of hydrogen-bond donors (Lipinski definition) is 0. The molecule has 1 aliphatic carbocycles. The van der Waals surface area contributed by atoms with Crippen molar-refractivity contribution in [1.29, 1.82) is 0 Å². The van der Waals surface area contributed by atoms with Gasteiger partial charge in [-0.05, 0) is 101 Å². The minimum atomic E-state index is 0.775. The average Bonchev–Trinajstić information content (AvgIpc) is 3.60. The van der Waals surface area contributed by atoms with Gasteiger partial charge in [-0.1, -0.05) is 60.7 Å². The molecule has 3 aromatic heterocycles. The highest BCUT2D eigenvalue weighted by Crippen LogP contribution is 2.46. The quantitative estimate of drug-likeness (QED) is 0.213. The fourth-order valence-electron chi connectivity index (χ4n) is 6.94.